The van der Waals surface area contributed by atoms with Crippen molar-refractivity contribution in [3.05, 3.63) is 57.8 Å². The molecule has 1 aromatic heterocycles. The summed E-state index contributed by atoms with van der Waals surface area (Å²) in [6, 6.07) is 14.1. The van der Waals surface area contributed by atoms with E-state index in [1.165, 1.54) is 5.56 Å². The van der Waals surface area contributed by atoms with Crippen molar-refractivity contribution < 1.29 is 0 Å². The minimum Gasteiger partial charge on any atom is -0.330 e. The van der Waals surface area contributed by atoms with Gasteiger partial charge >= 0.3 is 0 Å². The number of H-pyrrole nitrogens is 1. The normalized spacial score (nSPS) is 11.4. The summed E-state index contributed by atoms with van der Waals surface area (Å²) < 4.78 is 2.75. The molecule has 0 amide bonds. The molecular weight excluding hydrogens is 288 g/mol. The van der Waals surface area contributed by atoms with Gasteiger partial charge in [-0.15, -0.1) is 0 Å². The summed E-state index contributed by atoms with van der Waals surface area (Å²) in [5.41, 5.74) is 4.39. The van der Waals surface area contributed by atoms with Crippen molar-refractivity contribution in [2.45, 2.75) is 19.8 Å². The van der Waals surface area contributed by atoms with Gasteiger partial charge in [0, 0.05) is 5.02 Å². The Kier molecular flexibility index (Phi) is 3.40. The zero-order chi connectivity index (χ0) is 14.3. The highest BCUT2D eigenvalue weighted by molar-refractivity contribution is 7.71. The molecule has 0 atom stereocenters. The molecule has 0 spiro atoms. The second kappa shape index (κ2) is 5.08. The van der Waals surface area contributed by atoms with Crippen LogP contribution in [0.4, 0.5) is 0 Å². The Morgan fingerprint density at radius 1 is 1.15 bits per heavy atom. The number of imidazole rings is 1. The number of hydrogen-bond acceptors (Lipinski definition) is 1. The summed E-state index contributed by atoms with van der Waals surface area (Å²) in [7, 11) is 0. The molecule has 0 aliphatic heterocycles. The predicted molar refractivity (Wildman–Crippen MR) is 87.6 cm³/mol. The first kappa shape index (κ1) is 13.4. The molecule has 4 heteroatoms. The molecule has 0 unspecified atom stereocenters. The Morgan fingerprint density at radius 2 is 1.90 bits per heavy atom. The zero-order valence-electron chi connectivity index (χ0n) is 11.4. The van der Waals surface area contributed by atoms with Crippen LogP contribution >= 0.6 is 23.8 Å². The highest BCUT2D eigenvalue weighted by atomic mass is 35.5. The maximum Gasteiger partial charge on any atom is 0.182 e. The average Bonchev–Trinajstić information content (AvgIpc) is 2.74. The van der Waals surface area contributed by atoms with Crippen LogP contribution in [0.1, 0.15) is 25.3 Å². The Labute approximate surface area is 128 Å². The van der Waals surface area contributed by atoms with Crippen LogP contribution in [0, 0.1) is 4.77 Å². The van der Waals surface area contributed by atoms with Crippen molar-refractivity contribution in [1.29, 1.82) is 0 Å². The predicted octanol–water partition coefficient (Wildman–Crippen LogP) is 5.46. The van der Waals surface area contributed by atoms with E-state index in [0.29, 0.717) is 15.7 Å². The number of halogens is 1. The summed E-state index contributed by atoms with van der Waals surface area (Å²) >= 11 is 11.6. The van der Waals surface area contributed by atoms with Gasteiger partial charge in [-0.3, -0.25) is 4.57 Å². The smallest absolute Gasteiger partial charge is 0.182 e. The Morgan fingerprint density at radius 3 is 2.65 bits per heavy atom. The van der Waals surface area contributed by atoms with Gasteiger partial charge in [-0.2, -0.15) is 0 Å². The van der Waals surface area contributed by atoms with Gasteiger partial charge in [-0.25, -0.2) is 0 Å². The van der Waals surface area contributed by atoms with E-state index in [9.17, 15) is 0 Å². The van der Waals surface area contributed by atoms with Crippen LogP contribution in [0.25, 0.3) is 16.7 Å². The van der Waals surface area contributed by atoms with Crippen molar-refractivity contribution >= 4 is 34.9 Å². The lowest BCUT2D eigenvalue weighted by atomic mass is 10.0. The van der Waals surface area contributed by atoms with Crippen LogP contribution in [0.15, 0.2) is 42.5 Å². The molecule has 0 saturated heterocycles. The number of aromatic nitrogens is 2. The van der Waals surface area contributed by atoms with Crippen LogP contribution in [0.5, 0.6) is 0 Å². The summed E-state index contributed by atoms with van der Waals surface area (Å²) in [5, 5.41) is 0.710. The molecular formula is C16H15ClN2S. The molecule has 20 heavy (non-hydrogen) atoms. The number of nitrogens with zero attached hydrogens (tertiary/aromatic N) is 1. The second-order valence-electron chi connectivity index (χ2n) is 5.14. The first-order valence-electron chi connectivity index (χ1n) is 6.57. The first-order valence-corrected chi connectivity index (χ1v) is 7.36. The summed E-state index contributed by atoms with van der Waals surface area (Å²) in [5.74, 6) is 0.428. The van der Waals surface area contributed by atoms with Crippen LogP contribution in [-0.2, 0) is 0 Å². The maximum atomic E-state index is 6.13. The lowest BCUT2D eigenvalue weighted by Crippen LogP contribution is -2.01. The molecule has 0 saturated carbocycles. The third-order valence-corrected chi connectivity index (χ3v) is 3.96. The van der Waals surface area contributed by atoms with Gasteiger partial charge < -0.3 is 4.98 Å². The SMILES string of the molecule is CC(C)c1ccccc1-n1c(=S)[nH]c2ccc(Cl)cc21. The van der Waals surface area contributed by atoms with Crippen molar-refractivity contribution in [3.63, 3.8) is 0 Å². The maximum absolute atomic E-state index is 6.13. The molecule has 0 fully saturated rings. The van der Waals surface area contributed by atoms with Crippen molar-refractivity contribution in [2.75, 3.05) is 0 Å². The summed E-state index contributed by atoms with van der Waals surface area (Å²) in [6.45, 7) is 4.37. The van der Waals surface area contributed by atoms with Gasteiger partial charge in [-0.05, 0) is 48.0 Å². The van der Waals surface area contributed by atoms with E-state index in [0.717, 1.165) is 16.7 Å². The quantitative estimate of drug-likeness (QED) is 0.623. The lowest BCUT2D eigenvalue weighted by Gasteiger charge is -2.14. The highest BCUT2D eigenvalue weighted by Crippen LogP contribution is 2.28. The summed E-state index contributed by atoms with van der Waals surface area (Å²) in [6.07, 6.45) is 0. The second-order valence-corrected chi connectivity index (χ2v) is 5.96. The Hall–Kier alpha value is -1.58. The van der Waals surface area contributed by atoms with Crippen molar-refractivity contribution in [2.24, 2.45) is 0 Å². The standard InChI is InChI=1S/C16H15ClN2S/c1-10(2)12-5-3-4-6-14(12)19-15-9-11(17)7-8-13(15)18-16(19)20/h3-10H,1-2H3,(H,18,20). The van der Waals surface area contributed by atoms with Gasteiger partial charge in [0.25, 0.3) is 0 Å². The third-order valence-electron chi connectivity index (χ3n) is 3.45. The van der Waals surface area contributed by atoms with E-state index in [2.05, 4.69) is 41.6 Å². The number of para-hydroxylation sites is 1. The molecule has 3 rings (SSSR count). The highest BCUT2D eigenvalue weighted by Gasteiger charge is 2.12. The molecule has 2 aromatic carbocycles. The summed E-state index contributed by atoms with van der Waals surface area (Å²) in [4.78, 5) is 3.24. The molecule has 1 N–H and O–H groups in total. The number of hydrogen-bond donors (Lipinski definition) is 1. The van der Waals surface area contributed by atoms with Gasteiger partial charge in [0.15, 0.2) is 4.77 Å². The third kappa shape index (κ3) is 2.17. The molecule has 0 aliphatic rings. The molecule has 3 aromatic rings. The number of aromatic amines is 1. The lowest BCUT2D eigenvalue weighted by molar-refractivity contribution is 0.848. The monoisotopic (exact) mass is 302 g/mol. The fraction of sp³-hybridized carbons (Fsp3) is 0.188. The van der Waals surface area contributed by atoms with E-state index < -0.39 is 0 Å². The number of benzene rings is 2. The number of nitrogens with one attached hydrogen (secondary N) is 1. The van der Waals surface area contributed by atoms with Gasteiger partial charge in [0.1, 0.15) is 0 Å². The van der Waals surface area contributed by atoms with Gasteiger partial charge in [-0.1, -0.05) is 43.6 Å². The largest absolute Gasteiger partial charge is 0.330 e. The first-order chi connectivity index (χ1) is 9.58. The zero-order valence-corrected chi connectivity index (χ0v) is 12.9. The fourth-order valence-electron chi connectivity index (χ4n) is 2.49. The number of fused-ring (bicyclic) bond motifs is 1. The minimum atomic E-state index is 0.428. The topological polar surface area (TPSA) is 20.7 Å². The molecule has 0 radical (unpaired) electrons. The van der Waals surface area contributed by atoms with E-state index in [4.69, 9.17) is 23.8 Å². The Balaban J connectivity index is 2.38. The van der Waals surface area contributed by atoms with Crippen molar-refractivity contribution in [1.82, 2.24) is 9.55 Å². The fourth-order valence-corrected chi connectivity index (χ4v) is 2.97. The number of rotatable bonds is 2. The average molecular weight is 303 g/mol. The van der Waals surface area contributed by atoms with Gasteiger partial charge in [0.05, 0.1) is 16.7 Å². The van der Waals surface area contributed by atoms with E-state index in [1.807, 2.05) is 24.3 Å². The molecule has 102 valence electrons. The van der Waals surface area contributed by atoms with Crippen LogP contribution in [-0.4, -0.2) is 9.55 Å². The van der Waals surface area contributed by atoms with Crippen molar-refractivity contribution in [3.8, 4) is 5.69 Å². The van der Waals surface area contributed by atoms with Crippen LogP contribution in [0.2, 0.25) is 5.02 Å². The van der Waals surface area contributed by atoms with E-state index >= 15 is 0 Å². The molecule has 1 heterocycles. The van der Waals surface area contributed by atoms with E-state index in [-0.39, 0.29) is 0 Å². The van der Waals surface area contributed by atoms with Gasteiger partial charge in [0.2, 0.25) is 0 Å². The minimum absolute atomic E-state index is 0.428. The Bertz CT molecular complexity index is 830. The van der Waals surface area contributed by atoms with Crippen LogP contribution < -0.4 is 0 Å². The molecule has 2 nitrogen and oxygen atoms in total. The van der Waals surface area contributed by atoms with Crippen LogP contribution in [0.3, 0.4) is 0 Å². The van der Waals surface area contributed by atoms with E-state index in [1.54, 1.807) is 0 Å². The molecule has 0 aliphatic carbocycles. The molecule has 0 bridgehead atoms.